The second-order valence-corrected chi connectivity index (χ2v) is 4.22. The van der Waals surface area contributed by atoms with Crippen molar-refractivity contribution in [3.63, 3.8) is 0 Å². The highest BCUT2D eigenvalue weighted by atomic mass is 79.9. The van der Waals surface area contributed by atoms with Crippen LogP contribution in [-0.4, -0.2) is 25.4 Å². The number of hydrogen-bond acceptors (Lipinski definition) is 4. The van der Waals surface area contributed by atoms with E-state index in [2.05, 4.69) is 25.9 Å². The van der Waals surface area contributed by atoms with Gasteiger partial charge in [0.15, 0.2) is 5.71 Å². The SMILES string of the molecule is CCOC(=O)/C(=N\OC)c1ccc(Br)cc1C. The van der Waals surface area contributed by atoms with Gasteiger partial charge in [0.1, 0.15) is 7.11 Å². The third-order valence-electron chi connectivity index (χ3n) is 2.09. The molecule has 1 aromatic carbocycles. The van der Waals surface area contributed by atoms with Gasteiger partial charge in [0.25, 0.3) is 0 Å². The van der Waals surface area contributed by atoms with Gasteiger partial charge in [-0.1, -0.05) is 27.2 Å². The molecule has 1 aromatic rings. The highest BCUT2D eigenvalue weighted by molar-refractivity contribution is 9.10. The van der Waals surface area contributed by atoms with Gasteiger partial charge in [0.2, 0.25) is 0 Å². The number of carbonyl (C=O) groups excluding carboxylic acids is 1. The fourth-order valence-electron chi connectivity index (χ4n) is 1.38. The largest absolute Gasteiger partial charge is 0.461 e. The van der Waals surface area contributed by atoms with Crippen LogP contribution in [-0.2, 0) is 14.4 Å². The van der Waals surface area contributed by atoms with Gasteiger partial charge < -0.3 is 9.57 Å². The molecule has 0 radical (unpaired) electrons. The van der Waals surface area contributed by atoms with Crippen molar-refractivity contribution in [3.8, 4) is 0 Å². The molecule has 92 valence electrons. The van der Waals surface area contributed by atoms with Crippen molar-refractivity contribution in [1.29, 1.82) is 0 Å². The number of rotatable bonds is 4. The number of ether oxygens (including phenoxy) is 1. The maximum absolute atomic E-state index is 11.7. The van der Waals surface area contributed by atoms with E-state index in [-0.39, 0.29) is 5.71 Å². The second-order valence-electron chi connectivity index (χ2n) is 3.30. The zero-order valence-corrected chi connectivity index (χ0v) is 11.6. The zero-order valence-electron chi connectivity index (χ0n) is 9.99. The number of esters is 1. The Hall–Kier alpha value is -1.36. The van der Waals surface area contributed by atoms with Crippen LogP contribution in [0.2, 0.25) is 0 Å². The van der Waals surface area contributed by atoms with Gasteiger partial charge in [-0.3, -0.25) is 0 Å². The number of halogens is 1. The van der Waals surface area contributed by atoms with E-state index < -0.39 is 5.97 Å². The van der Waals surface area contributed by atoms with Crippen LogP contribution in [0.25, 0.3) is 0 Å². The van der Waals surface area contributed by atoms with Crippen molar-refractivity contribution in [1.82, 2.24) is 0 Å². The molecule has 0 aromatic heterocycles. The molecule has 0 bridgehead atoms. The Morgan fingerprint density at radius 1 is 1.47 bits per heavy atom. The van der Waals surface area contributed by atoms with Crippen molar-refractivity contribution in [3.05, 3.63) is 33.8 Å². The summed E-state index contributed by atoms with van der Waals surface area (Å²) in [7, 11) is 1.40. The highest BCUT2D eigenvalue weighted by Gasteiger charge is 2.18. The van der Waals surface area contributed by atoms with Crippen molar-refractivity contribution < 1.29 is 14.4 Å². The molecular weight excluding hydrogens is 286 g/mol. The maximum atomic E-state index is 11.7. The van der Waals surface area contributed by atoms with E-state index in [1.807, 2.05) is 19.1 Å². The average molecular weight is 300 g/mol. The summed E-state index contributed by atoms with van der Waals surface area (Å²) in [5.74, 6) is -0.486. The van der Waals surface area contributed by atoms with Crippen LogP contribution in [0.4, 0.5) is 0 Å². The Morgan fingerprint density at radius 3 is 2.71 bits per heavy atom. The molecule has 0 atom stereocenters. The lowest BCUT2D eigenvalue weighted by Gasteiger charge is -2.08. The molecule has 0 aliphatic rings. The average Bonchev–Trinajstić information content (AvgIpc) is 2.27. The van der Waals surface area contributed by atoms with Crippen LogP contribution in [0.5, 0.6) is 0 Å². The minimum absolute atomic E-state index is 0.180. The van der Waals surface area contributed by atoms with Crippen LogP contribution < -0.4 is 0 Å². The van der Waals surface area contributed by atoms with E-state index >= 15 is 0 Å². The molecule has 0 unspecified atom stereocenters. The molecule has 0 amide bonds. The summed E-state index contributed by atoms with van der Waals surface area (Å²) < 4.78 is 5.88. The molecule has 0 heterocycles. The zero-order chi connectivity index (χ0) is 12.8. The monoisotopic (exact) mass is 299 g/mol. The predicted octanol–water partition coefficient (Wildman–Crippen LogP) is 2.67. The lowest BCUT2D eigenvalue weighted by Crippen LogP contribution is -2.20. The molecule has 0 N–H and O–H groups in total. The van der Waals surface area contributed by atoms with E-state index in [0.717, 1.165) is 10.0 Å². The molecule has 17 heavy (non-hydrogen) atoms. The third-order valence-corrected chi connectivity index (χ3v) is 2.59. The van der Waals surface area contributed by atoms with Gasteiger partial charge in [0.05, 0.1) is 6.61 Å². The molecule has 5 heteroatoms. The van der Waals surface area contributed by atoms with Gasteiger partial charge in [-0.05, 0) is 31.5 Å². The minimum Gasteiger partial charge on any atom is -0.461 e. The molecule has 0 fully saturated rings. The first-order valence-corrected chi connectivity index (χ1v) is 5.94. The topological polar surface area (TPSA) is 47.9 Å². The summed E-state index contributed by atoms with van der Waals surface area (Å²) >= 11 is 3.36. The number of nitrogens with zero attached hydrogens (tertiary/aromatic N) is 1. The summed E-state index contributed by atoms with van der Waals surface area (Å²) in [6.45, 7) is 3.94. The molecule has 4 nitrogen and oxygen atoms in total. The molecule has 0 saturated heterocycles. The van der Waals surface area contributed by atoms with Crippen molar-refractivity contribution in [2.45, 2.75) is 13.8 Å². The first-order chi connectivity index (χ1) is 8.10. The lowest BCUT2D eigenvalue weighted by molar-refractivity contribution is -0.135. The normalized spacial score (nSPS) is 11.2. The summed E-state index contributed by atoms with van der Waals surface area (Å²) in [5.41, 5.74) is 1.80. The smallest absolute Gasteiger partial charge is 0.361 e. The first-order valence-electron chi connectivity index (χ1n) is 5.15. The fourth-order valence-corrected chi connectivity index (χ4v) is 1.86. The van der Waals surface area contributed by atoms with E-state index in [1.54, 1.807) is 13.0 Å². The lowest BCUT2D eigenvalue weighted by atomic mass is 10.0. The number of hydrogen-bond donors (Lipinski definition) is 0. The Kier molecular flexibility index (Phi) is 5.15. The molecule has 0 spiro atoms. The van der Waals surface area contributed by atoms with E-state index in [1.165, 1.54) is 7.11 Å². The summed E-state index contributed by atoms with van der Waals surface area (Å²) in [6.07, 6.45) is 0. The molecule has 0 saturated carbocycles. The minimum atomic E-state index is -0.486. The third kappa shape index (κ3) is 3.56. The Labute approximate surface area is 109 Å². The van der Waals surface area contributed by atoms with Crippen LogP contribution in [0.1, 0.15) is 18.1 Å². The van der Waals surface area contributed by atoms with Gasteiger partial charge in [-0.2, -0.15) is 0 Å². The summed E-state index contributed by atoms with van der Waals surface area (Å²) in [5, 5.41) is 3.73. The predicted molar refractivity (Wildman–Crippen MR) is 69.1 cm³/mol. The van der Waals surface area contributed by atoms with Crippen molar-refractivity contribution >= 4 is 27.6 Å². The number of benzene rings is 1. The van der Waals surface area contributed by atoms with E-state index in [0.29, 0.717) is 12.2 Å². The number of oxime groups is 1. The number of carbonyl (C=O) groups is 1. The van der Waals surface area contributed by atoms with Gasteiger partial charge in [0, 0.05) is 10.0 Å². The number of aryl methyl sites for hydroxylation is 1. The maximum Gasteiger partial charge on any atom is 0.361 e. The quantitative estimate of drug-likeness (QED) is 0.488. The summed E-state index contributed by atoms with van der Waals surface area (Å²) in [4.78, 5) is 16.4. The first kappa shape index (κ1) is 13.7. The van der Waals surface area contributed by atoms with Crippen molar-refractivity contribution in [2.75, 3.05) is 13.7 Å². The molecular formula is C12H14BrNO3. The van der Waals surface area contributed by atoms with E-state index in [4.69, 9.17) is 4.74 Å². The Morgan fingerprint density at radius 2 is 2.18 bits per heavy atom. The molecule has 0 aliphatic carbocycles. The standard InChI is InChI=1S/C12H14BrNO3/c1-4-17-12(15)11(14-16-3)10-6-5-9(13)7-8(10)2/h5-7H,4H2,1-3H3/b14-11-. The van der Waals surface area contributed by atoms with Crippen LogP contribution in [0, 0.1) is 6.92 Å². The second kappa shape index (κ2) is 6.39. The van der Waals surface area contributed by atoms with Gasteiger partial charge >= 0.3 is 5.97 Å². The van der Waals surface area contributed by atoms with Crippen LogP contribution >= 0.6 is 15.9 Å². The van der Waals surface area contributed by atoms with Crippen molar-refractivity contribution in [2.24, 2.45) is 5.16 Å². The highest BCUT2D eigenvalue weighted by Crippen LogP contribution is 2.17. The van der Waals surface area contributed by atoms with E-state index in [9.17, 15) is 4.79 Å². The summed E-state index contributed by atoms with van der Waals surface area (Å²) in [6, 6.07) is 5.54. The van der Waals surface area contributed by atoms with Crippen LogP contribution in [0.3, 0.4) is 0 Å². The Balaban J connectivity index is 3.15. The van der Waals surface area contributed by atoms with Crippen LogP contribution in [0.15, 0.2) is 27.8 Å². The van der Waals surface area contributed by atoms with Gasteiger partial charge in [-0.25, -0.2) is 4.79 Å². The molecule has 1 rings (SSSR count). The van der Waals surface area contributed by atoms with Gasteiger partial charge in [-0.15, -0.1) is 0 Å². The fraction of sp³-hybridized carbons (Fsp3) is 0.333. The Bertz CT molecular complexity index is 443. The molecule has 0 aliphatic heterocycles.